The van der Waals surface area contributed by atoms with Crippen LogP contribution in [-0.2, 0) is 10.0 Å². The molecule has 4 N–H and O–H groups in total. The van der Waals surface area contributed by atoms with Crippen LogP contribution in [0.25, 0.3) is 0 Å². The molecule has 22 heavy (non-hydrogen) atoms. The van der Waals surface area contributed by atoms with Crippen LogP contribution in [0.15, 0.2) is 29.2 Å². The second kappa shape index (κ2) is 7.92. The number of nitrogens with two attached hydrogens (primary N) is 1. The molecule has 1 saturated carbocycles. The van der Waals surface area contributed by atoms with E-state index < -0.39 is 10.0 Å². The van der Waals surface area contributed by atoms with Crippen LogP contribution in [0.5, 0.6) is 0 Å². The first kappa shape index (κ1) is 18.9. The molecule has 1 amide bonds. The van der Waals surface area contributed by atoms with E-state index in [1.165, 1.54) is 31.3 Å². The van der Waals surface area contributed by atoms with Crippen LogP contribution in [0.2, 0.25) is 0 Å². The standard InChI is InChI=1S/C14H21N3O3S.ClH/c1-16-14(18)10-5-7-12(8-6-10)21(19,20)17-13-4-2-3-11(13)9-15;/h5-8,11,13,17H,2-4,9,15H2,1H3,(H,16,18);1H. The van der Waals surface area contributed by atoms with Gasteiger partial charge in [0, 0.05) is 18.7 Å². The van der Waals surface area contributed by atoms with Gasteiger partial charge in [-0.1, -0.05) is 6.42 Å². The van der Waals surface area contributed by atoms with Gasteiger partial charge in [-0.3, -0.25) is 4.79 Å². The van der Waals surface area contributed by atoms with Gasteiger partial charge in [-0.2, -0.15) is 0 Å². The topological polar surface area (TPSA) is 101 Å². The Hall–Kier alpha value is -1.15. The number of carbonyl (C=O) groups excluding carboxylic acids is 1. The van der Waals surface area contributed by atoms with E-state index in [9.17, 15) is 13.2 Å². The lowest BCUT2D eigenvalue weighted by molar-refractivity contribution is 0.0963. The van der Waals surface area contributed by atoms with Gasteiger partial charge >= 0.3 is 0 Å². The summed E-state index contributed by atoms with van der Waals surface area (Å²) in [5.41, 5.74) is 6.10. The van der Waals surface area contributed by atoms with Crippen molar-refractivity contribution >= 4 is 28.3 Å². The summed E-state index contributed by atoms with van der Waals surface area (Å²) in [6.45, 7) is 0.489. The Morgan fingerprint density at radius 2 is 1.91 bits per heavy atom. The number of hydrogen-bond acceptors (Lipinski definition) is 4. The molecule has 1 aliphatic carbocycles. The van der Waals surface area contributed by atoms with Gasteiger partial charge < -0.3 is 11.1 Å². The molecule has 8 heteroatoms. The summed E-state index contributed by atoms with van der Waals surface area (Å²) >= 11 is 0. The van der Waals surface area contributed by atoms with Crippen LogP contribution >= 0.6 is 12.4 Å². The van der Waals surface area contributed by atoms with Gasteiger partial charge in [0.2, 0.25) is 10.0 Å². The third kappa shape index (κ3) is 4.19. The molecule has 0 aliphatic heterocycles. The van der Waals surface area contributed by atoms with Crippen LogP contribution in [0.1, 0.15) is 29.6 Å². The highest BCUT2D eigenvalue weighted by Crippen LogP contribution is 2.26. The molecule has 2 unspecified atom stereocenters. The highest BCUT2D eigenvalue weighted by atomic mass is 35.5. The molecule has 0 saturated heterocycles. The summed E-state index contributed by atoms with van der Waals surface area (Å²) in [5, 5.41) is 2.49. The average Bonchev–Trinajstić information content (AvgIpc) is 2.93. The zero-order chi connectivity index (χ0) is 15.5. The largest absolute Gasteiger partial charge is 0.355 e. The Morgan fingerprint density at radius 1 is 1.27 bits per heavy atom. The number of rotatable bonds is 5. The van der Waals surface area contributed by atoms with Crippen LogP contribution in [0.3, 0.4) is 0 Å². The van der Waals surface area contributed by atoms with Crippen molar-refractivity contribution in [3.8, 4) is 0 Å². The number of nitrogens with one attached hydrogen (secondary N) is 2. The quantitative estimate of drug-likeness (QED) is 0.735. The molecule has 1 aromatic rings. The Kier molecular flexibility index (Phi) is 6.80. The van der Waals surface area contributed by atoms with E-state index >= 15 is 0 Å². The van der Waals surface area contributed by atoms with E-state index in [-0.39, 0.29) is 35.2 Å². The highest BCUT2D eigenvalue weighted by molar-refractivity contribution is 7.89. The van der Waals surface area contributed by atoms with Crippen molar-refractivity contribution in [1.82, 2.24) is 10.0 Å². The maximum atomic E-state index is 12.3. The van der Waals surface area contributed by atoms with Gasteiger partial charge in [0.15, 0.2) is 0 Å². The second-order valence-corrected chi connectivity index (χ2v) is 6.97. The summed E-state index contributed by atoms with van der Waals surface area (Å²) in [6.07, 6.45) is 2.77. The molecule has 0 spiro atoms. The fourth-order valence-electron chi connectivity index (χ4n) is 2.67. The maximum absolute atomic E-state index is 12.3. The molecule has 0 aromatic heterocycles. The Labute approximate surface area is 137 Å². The van der Waals surface area contributed by atoms with E-state index in [1.807, 2.05) is 0 Å². The van der Waals surface area contributed by atoms with Gasteiger partial charge in [0.1, 0.15) is 0 Å². The monoisotopic (exact) mass is 347 g/mol. The molecule has 2 rings (SSSR count). The lowest BCUT2D eigenvalue weighted by Crippen LogP contribution is -2.39. The number of sulfonamides is 1. The zero-order valence-corrected chi connectivity index (χ0v) is 14.0. The minimum Gasteiger partial charge on any atom is -0.355 e. The van der Waals surface area contributed by atoms with Crippen LogP contribution in [0, 0.1) is 5.92 Å². The fraction of sp³-hybridized carbons (Fsp3) is 0.500. The van der Waals surface area contributed by atoms with Crippen molar-refractivity contribution in [2.75, 3.05) is 13.6 Å². The van der Waals surface area contributed by atoms with Crippen LogP contribution in [-0.4, -0.2) is 34.0 Å². The zero-order valence-electron chi connectivity index (χ0n) is 12.4. The fourth-order valence-corrected chi connectivity index (χ4v) is 4.01. The number of amides is 1. The van der Waals surface area contributed by atoms with Crippen molar-refractivity contribution in [3.63, 3.8) is 0 Å². The third-order valence-corrected chi connectivity index (χ3v) is 5.43. The lowest BCUT2D eigenvalue weighted by Gasteiger charge is -2.19. The molecule has 1 fully saturated rings. The van der Waals surface area contributed by atoms with Crippen LogP contribution in [0.4, 0.5) is 0 Å². The predicted octanol–water partition coefficient (Wildman–Crippen LogP) is 0.874. The summed E-state index contributed by atoms with van der Waals surface area (Å²) < 4.78 is 27.4. The minimum atomic E-state index is -3.57. The van der Waals surface area contributed by atoms with E-state index in [2.05, 4.69) is 10.0 Å². The molecule has 1 aliphatic rings. The third-order valence-electron chi connectivity index (χ3n) is 3.92. The van der Waals surface area contributed by atoms with E-state index in [4.69, 9.17) is 5.73 Å². The first-order valence-corrected chi connectivity index (χ1v) is 8.51. The van der Waals surface area contributed by atoms with Gasteiger partial charge in [0.05, 0.1) is 4.90 Å². The van der Waals surface area contributed by atoms with Crippen LogP contribution < -0.4 is 15.8 Å². The number of hydrogen-bond donors (Lipinski definition) is 3. The normalized spacial score (nSPS) is 21.2. The summed E-state index contributed by atoms with van der Waals surface area (Å²) in [5.74, 6) is -0.0455. The number of halogens is 1. The number of carbonyl (C=O) groups is 1. The molecular weight excluding hydrogens is 326 g/mol. The highest BCUT2D eigenvalue weighted by Gasteiger charge is 2.30. The van der Waals surface area contributed by atoms with Gasteiger partial charge in [-0.15, -0.1) is 12.4 Å². The van der Waals surface area contributed by atoms with Gasteiger partial charge in [0.25, 0.3) is 5.91 Å². The van der Waals surface area contributed by atoms with Crippen molar-refractivity contribution in [2.45, 2.75) is 30.2 Å². The first-order valence-electron chi connectivity index (χ1n) is 7.02. The minimum absolute atomic E-state index is 0. The first-order chi connectivity index (χ1) is 9.97. The Balaban J connectivity index is 0.00000242. The van der Waals surface area contributed by atoms with Crippen molar-refractivity contribution in [3.05, 3.63) is 29.8 Å². The maximum Gasteiger partial charge on any atom is 0.251 e. The van der Waals surface area contributed by atoms with Gasteiger partial charge in [-0.25, -0.2) is 13.1 Å². The SMILES string of the molecule is CNC(=O)c1ccc(S(=O)(=O)NC2CCCC2CN)cc1.Cl. The van der Waals surface area contributed by atoms with Gasteiger partial charge in [-0.05, 0) is 49.6 Å². The van der Waals surface area contributed by atoms with Crippen molar-refractivity contribution < 1.29 is 13.2 Å². The average molecular weight is 348 g/mol. The number of benzene rings is 1. The molecule has 2 atom stereocenters. The van der Waals surface area contributed by atoms with E-state index in [1.54, 1.807) is 0 Å². The molecular formula is C14H22ClN3O3S. The molecule has 0 radical (unpaired) electrons. The smallest absolute Gasteiger partial charge is 0.251 e. The Bertz CT molecular complexity index is 604. The molecule has 6 nitrogen and oxygen atoms in total. The van der Waals surface area contributed by atoms with E-state index in [0.29, 0.717) is 12.1 Å². The van der Waals surface area contributed by atoms with E-state index in [0.717, 1.165) is 19.3 Å². The lowest BCUT2D eigenvalue weighted by atomic mass is 10.1. The second-order valence-electron chi connectivity index (χ2n) is 5.26. The predicted molar refractivity (Wildman–Crippen MR) is 87.6 cm³/mol. The summed E-state index contributed by atoms with van der Waals surface area (Å²) in [6, 6.07) is 5.79. The Morgan fingerprint density at radius 3 is 2.45 bits per heavy atom. The summed E-state index contributed by atoms with van der Waals surface area (Å²) in [7, 11) is -2.04. The molecule has 1 aromatic carbocycles. The summed E-state index contributed by atoms with van der Waals surface area (Å²) in [4.78, 5) is 11.6. The van der Waals surface area contributed by atoms with Crippen molar-refractivity contribution in [2.24, 2.45) is 11.7 Å². The molecule has 0 heterocycles. The van der Waals surface area contributed by atoms with Crippen molar-refractivity contribution in [1.29, 1.82) is 0 Å². The molecule has 124 valence electrons. The molecule has 0 bridgehead atoms.